The van der Waals surface area contributed by atoms with E-state index in [-0.39, 0.29) is 6.42 Å². The third-order valence-electron chi connectivity index (χ3n) is 2.41. The molecule has 6 nitrogen and oxygen atoms in total. The molecule has 0 aliphatic rings. The van der Waals surface area contributed by atoms with Crippen molar-refractivity contribution in [2.24, 2.45) is 0 Å². The van der Waals surface area contributed by atoms with Crippen LogP contribution in [-0.4, -0.2) is 41.2 Å². The second kappa shape index (κ2) is 6.78. The van der Waals surface area contributed by atoms with Crippen molar-refractivity contribution in [2.75, 3.05) is 13.2 Å². The maximum atomic E-state index is 10.7. The molecule has 0 heterocycles. The second-order valence-electron chi connectivity index (χ2n) is 4.00. The molecule has 6 heteroatoms. The van der Waals surface area contributed by atoms with Crippen molar-refractivity contribution in [3.8, 4) is 0 Å². The Morgan fingerprint density at radius 2 is 1.75 bits per heavy atom. The highest BCUT2D eigenvalue weighted by Crippen LogP contribution is 2.19. The van der Waals surface area contributed by atoms with Gasteiger partial charge in [0.15, 0.2) is 6.29 Å². The molecule has 0 rings (SSSR count). The molecular formula is C10H21NO5. The molecule has 0 aliphatic heterocycles. The van der Waals surface area contributed by atoms with Gasteiger partial charge in [-0.05, 0) is 13.8 Å². The maximum Gasteiger partial charge on any atom is 0.242 e. The van der Waals surface area contributed by atoms with E-state index in [0.29, 0.717) is 13.2 Å². The lowest BCUT2D eigenvalue weighted by Gasteiger charge is -2.25. The predicted octanol–water partition coefficient (Wildman–Crippen LogP) is 1.19. The molecule has 0 spiro atoms. The lowest BCUT2D eigenvalue weighted by molar-refractivity contribution is -0.574. The van der Waals surface area contributed by atoms with Gasteiger partial charge in [-0.15, -0.1) is 0 Å². The van der Waals surface area contributed by atoms with Crippen molar-refractivity contribution in [3.63, 3.8) is 0 Å². The van der Waals surface area contributed by atoms with Crippen LogP contribution >= 0.6 is 0 Å². The Kier molecular flexibility index (Phi) is 6.47. The molecule has 0 aromatic heterocycles. The van der Waals surface area contributed by atoms with Gasteiger partial charge in [-0.3, -0.25) is 10.1 Å². The Labute approximate surface area is 95.7 Å². The van der Waals surface area contributed by atoms with E-state index in [2.05, 4.69) is 0 Å². The summed E-state index contributed by atoms with van der Waals surface area (Å²) in [5, 5.41) is 20.5. The zero-order valence-corrected chi connectivity index (χ0v) is 10.3. The number of rotatable bonds is 8. The van der Waals surface area contributed by atoms with Crippen LogP contribution in [0.15, 0.2) is 0 Å². The second-order valence-corrected chi connectivity index (χ2v) is 4.00. The molecule has 96 valence electrons. The molecule has 1 atom stereocenters. The first kappa shape index (κ1) is 15.3. The summed E-state index contributed by atoms with van der Waals surface area (Å²) < 4.78 is 10.4. The van der Waals surface area contributed by atoms with Crippen LogP contribution in [0, 0.1) is 10.1 Å². The minimum atomic E-state index is -1.40. The molecule has 1 N–H and O–H groups in total. The molecule has 0 amide bonds. The summed E-state index contributed by atoms with van der Waals surface area (Å²) in [6.07, 6.45) is -1.61. The first-order chi connectivity index (χ1) is 7.36. The van der Waals surface area contributed by atoms with Crippen molar-refractivity contribution in [1.29, 1.82) is 0 Å². The molecule has 0 saturated carbocycles. The predicted molar refractivity (Wildman–Crippen MR) is 58.7 cm³/mol. The van der Waals surface area contributed by atoms with E-state index in [1.54, 1.807) is 13.8 Å². The van der Waals surface area contributed by atoms with Crippen LogP contribution in [0.5, 0.6) is 0 Å². The standard InChI is InChI=1S/C10H21NO5/c1-5-15-9(16-6-2)7-8(12)10(3,4)11(13)14/h8-9,12H,5-7H2,1-4H3. The molecular weight excluding hydrogens is 214 g/mol. The van der Waals surface area contributed by atoms with Gasteiger partial charge in [-0.2, -0.15) is 0 Å². The van der Waals surface area contributed by atoms with Crippen LogP contribution in [0.4, 0.5) is 0 Å². The first-order valence-electron chi connectivity index (χ1n) is 5.42. The largest absolute Gasteiger partial charge is 0.385 e. The zero-order chi connectivity index (χ0) is 12.8. The van der Waals surface area contributed by atoms with Crippen LogP contribution in [-0.2, 0) is 9.47 Å². The lowest BCUT2D eigenvalue weighted by atomic mass is 9.95. The smallest absolute Gasteiger partial charge is 0.242 e. The highest BCUT2D eigenvalue weighted by molar-refractivity contribution is 4.78. The third-order valence-corrected chi connectivity index (χ3v) is 2.41. The van der Waals surface area contributed by atoms with Crippen LogP contribution in [0.3, 0.4) is 0 Å². The maximum absolute atomic E-state index is 10.7. The summed E-state index contributed by atoms with van der Waals surface area (Å²) in [5.41, 5.74) is -1.40. The van der Waals surface area contributed by atoms with E-state index in [1.807, 2.05) is 0 Å². The minimum Gasteiger partial charge on any atom is -0.385 e. The van der Waals surface area contributed by atoms with Gasteiger partial charge in [0, 0.05) is 38.4 Å². The fourth-order valence-corrected chi connectivity index (χ4v) is 1.15. The number of hydrogen-bond acceptors (Lipinski definition) is 5. The number of nitro groups is 1. The Morgan fingerprint density at radius 1 is 1.31 bits per heavy atom. The van der Waals surface area contributed by atoms with Crippen LogP contribution in [0.1, 0.15) is 34.1 Å². The molecule has 0 bridgehead atoms. The molecule has 0 fully saturated rings. The number of aliphatic hydroxyl groups is 1. The van der Waals surface area contributed by atoms with Gasteiger partial charge in [-0.25, -0.2) is 0 Å². The van der Waals surface area contributed by atoms with E-state index < -0.39 is 22.9 Å². The van der Waals surface area contributed by atoms with Crippen LogP contribution in [0.25, 0.3) is 0 Å². The molecule has 0 aliphatic carbocycles. The number of ether oxygens (including phenoxy) is 2. The lowest BCUT2D eigenvalue weighted by Crippen LogP contribution is -2.45. The van der Waals surface area contributed by atoms with E-state index in [4.69, 9.17) is 9.47 Å². The highest BCUT2D eigenvalue weighted by Gasteiger charge is 2.41. The summed E-state index contributed by atoms with van der Waals surface area (Å²) in [5.74, 6) is 0. The van der Waals surface area contributed by atoms with Crippen molar-refractivity contribution in [3.05, 3.63) is 10.1 Å². The number of nitrogens with zero attached hydrogens (tertiary/aromatic N) is 1. The summed E-state index contributed by atoms with van der Waals surface area (Å²) >= 11 is 0. The molecule has 1 unspecified atom stereocenters. The van der Waals surface area contributed by atoms with Crippen LogP contribution in [0.2, 0.25) is 0 Å². The van der Waals surface area contributed by atoms with E-state index in [0.717, 1.165) is 0 Å². The van der Waals surface area contributed by atoms with Crippen molar-refractivity contribution in [2.45, 2.75) is 52.0 Å². The SMILES string of the molecule is CCOC(CC(O)C(C)(C)[N+](=O)[O-])OCC. The highest BCUT2D eigenvalue weighted by atomic mass is 16.7. The van der Waals surface area contributed by atoms with Gasteiger partial charge in [0.25, 0.3) is 0 Å². The van der Waals surface area contributed by atoms with Gasteiger partial charge < -0.3 is 14.6 Å². The van der Waals surface area contributed by atoms with Gasteiger partial charge in [0.05, 0.1) is 0 Å². The molecule has 0 saturated heterocycles. The fraction of sp³-hybridized carbons (Fsp3) is 1.00. The Morgan fingerprint density at radius 3 is 2.06 bits per heavy atom. The van der Waals surface area contributed by atoms with E-state index in [9.17, 15) is 15.2 Å². The molecule has 16 heavy (non-hydrogen) atoms. The monoisotopic (exact) mass is 235 g/mol. The molecule has 0 radical (unpaired) electrons. The number of hydrogen-bond donors (Lipinski definition) is 1. The Balaban J connectivity index is 4.37. The number of aliphatic hydroxyl groups excluding tert-OH is 1. The average Bonchev–Trinajstić information content (AvgIpc) is 2.18. The van der Waals surface area contributed by atoms with Gasteiger partial charge >= 0.3 is 0 Å². The average molecular weight is 235 g/mol. The topological polar surface area (TPSA) is 81.8 Å². The summed E-state index contributed by atoms with van der Waals surface area (Å²) in [6.45, 7) is 7.25. The van der Waals surface area contributed by atoms with Crippen molar-refractivity contribution < 1.29 is 19.5 Å². The van der Waals surface area contributed by atoms with Gasteiger partial charge in [-0.1, -0.05) is 0 Å². The van der Waals surface area contributed by atoms with Crippen LogP contribution < -0.4 is 0 Å². The zero-order valence-electron chi connectivity index (χ0n) is 10.3. The summed E-state index contributed by atoms with van der Waals surface area (Å²) in [4.78, 5) is 10.2. The van der Waals surface area contributed by atoms with E-state index >= 15 is 0 Å². The normalized spacial score (nSPS) is 14.1. The Bertz CT molecular complexity index is 213. The first-order valence-corrected chi connectivity index (χ1v) is 5.42. The third kappa shape index (κ3) is 4.42. The summed E-state index contributed by atoms with van der Waals surface area (Å²) in [6, 6.07) is 0. The molecule has 0 aromatic rings. The summed E-state index contributed by atoms with van der Waals surface area (Å²) in [7, 11) is 0. The minimum absolute atomic E-state index is 0.0929. The van der Waals surface area contributed by atoms with Gasteiger partial charge in [0.1, 0.15) is 6.10 Å². The van der Waals surface area contributed by atoms with Gasteiger partial charge in [0.2, 0.25) is 5.54 Å². The van der Waals surface area contributed by atoms with Crippen molar-refractivity contribution in [1.82, 2.24) is 0 Å². The quantitative estimate of drug-likeness (QED) is 0.388. The fourth-order valence-electron chi connectivity index (χ4n) is 1.15. The van der Waals surface area contributed by atoms with E-state index in [1.165, 1.54) is 13.8 Å². The van der Waals surface area contributed by atoms with Crippen molar-refractivity contribution >= 4 is 0 Å². The molecule has 0 aromatic carbocycles. The Hall–Kier alpha value is -0.720.